The van der Waals surface area contributed by atoms with Crippen LogP contribution in [0.25, 0.3) is 0 Å². The van der Waals surface area contributed by atoms with E-state index in [-0.39, 0.29) is 18.0 Å². The van der Waals surface area contributed by atoms with E-state index >= 15 is 0 Å². The molecule has 3 N–H and O–H groups in total. The fourth-order valence-corrected chi connectivity index (χ4v) is 3.64. The maximum Gasteiger partial charge on any atom is 0.319 e. The zero-order chi connectivity index (χ0) is 16.8. The molecule has 5 nitrogen and oxygen atoms in total. The highest BCUT2D eigenvalue weighted by Gasteiger charge is 2.18. The average Bonchev–Trinajstić information content (AvgIpc) is 3.09. The topological polar surface area (TPSA) is 70.2 Å². The third-order valence-corrected chi connectivity index (χ3v) is 5.04. The lowest BCUT2D eigenvalue weighted by molar-refractivity contribution is 0.0938. The minimum atomic E-state index is -0.162. The van der Waals surface area contributed by atoms with Gasteiger partial charge in [0.2, 0.25) is 0 Å². The lowest BCUT2D eigenvalue weighted by atomic mass is 9.96. The molecule has 2 aliphatic carbocycles. The van der Waals surface area contributed by atoms with Crippen molar-refractivity contribution < 1.29 is 9.59 Å². The van der Waals surface area contributed by atoms with E-state index in [0.717, 1.165) is 25.7 Å². The lowest BCUT2D eigenvalue weighted by Gasteiger charge is -2.22. The summed E-state index contributed by atoms with van der Waals surface area (Å²) in [4.78, 5) is 24.2. The summed E-state index contributed by atoms with van der Waals surface area (Å²) >= 11 is 0. The maximum atomic E-state index is 12.2. The second-order valence-corrected chi connectivity index (χ2v) is 6.97. The maximum absolute atomic E-state index is 12.2. The van der Waals surface area contributed by atoms with E-state index in [9.17, 15) is 9.59 Å². The first-order valence-electron chi connectivity index (χ1n) is 9.19. The quantitative estimate of drug-likeness (QED) is 0.786. The lowest BCUT2D eigenvalue weighted by Crippen LogP contribution is -2.39. The summed E-state index contributed by atoms with van der Waals surface area (Å²) < 4.78 is 0. The number of hydrogen-bond donors (Lipinski definition) is 3. The average molecular weight is 329 g/mol. The van der Waals surface area contributed by atoms with Gasteiger partial charge in [-0.15, -0.1) is 0 Å². The van der Waals surface area contributed by atoms with Gasteiger partial charge in [0.25, 0.3) is 5.91 Å². The molecule has 2 saturated carbocycles. The Balaban J connectivity index is 1.48. The third kappa shape index (κ3) is 4.73. The Morgan fingerprint density at radius 1 is 0.750 bits per heavy atom. The number of carbonyl (C=O) groups is 2. The van der Waals surface area contributed by atoms with Gasteiger partial charge < -0.3 is 16.0 Å². The molecule has 1 aromatic carbocycles. The molecule has 2 aliphatic rings. The normalized spacial score (nSPS) is 19.0. The highest BCUT2D eigenvalue weighted by molar-refractivity contribution is 5.95. The van der Waals surface area contributed by atoms with Crippen LogP contribution in [0.3, 0.4) is 0 Å². The fourth-order valence-electron chi connectivity index (χ4n) is 3.64. The largest absolute Gasteiger partial charge is 0.349 e. The number of rotatable bonds is 4. The number of urea groups is 1. The third-order valence-electron chi connectivity index (χ3n) is 5.04. The molecule has 0 bridgehead atoms. The minimum absolute atomic E-state index is 0.0277. The van der Waals surface area contributed by atoms with E-state index in [1.807, 2.05) is 0 Å². The van der Waals surface area contributed by atoms with Crippen LogP contribution in [-0.4, -0.2) is 24.0 Å². The smallest absolute Gasteiger partial charge is 0.319 e. The van der Waals surface area contributed by atoms with Crippen molar-refractivity contribution in [3.05, 3.63) is 29.8 Å². The molecule has 5 heteroatoms. The summed E-state index contributed by atoms with van der Waals surface area (Å²) in [6.45, 7) is 0. The van der Waals surface area contributed by atoms with Gasteiger partial charge in [-0.25, -0.2) is 4.79 Å². The van der Waals surface area contributed by atoms with Crippen molar-refractivity contribution in [1.82, 2.24) is 10.6 Å². The van der Waals surface area contributed by atoms with Crippen LogP contribution in [0.15, 0.2) is 24.3 Å². The predicted octanol–water partition coefficient (Wildman–Crippen LogP) is 3.81. The van der Waals surface area contributed by atoms with Gasteiger partial charge in [-0.3, -0.25) is 4.79 Å². The zero-order valence-electron chi connectivity index (χ0n) is 14.1. The molecule has 24 heavy (non-hydrogen) atoms. The van der Waals surface area contributed by atoms with Crippen molar-refractivity contribution in [3.63, 3.8) is 0 Å². The van der Waals surface area contributed by atoms with E-state index in [0.29, 0.717) is 17.3 Å². The molecule has 0 atom stereocenters. The van der Waals surface area contributed by atoms with Crippen molar-refractivity contribution in [2.45, 2.75) is 69.9 Å². The molecule has 1 aromatic rings. The molecular weight excluding hydrogens is 302 g/mol. The molecule has 3 amide bonds. The van der Waals surface area contributed by atoms with Gasteiger partial charge in [-0.05, 0) is 49.9 Å². The Labute approximate surface area is 143 Å². The Hall–Kier alpha value is -2.04. The summed E-state index contributed by atoms with van der Waals surface area (Å²) in [5.74, 6) is -0.0277. The standard InChI is InChI=1S/C19H27N3O2/c23-18(20-15-8-4-5-9-15)14-10-12-17(13-11-14)22-19(24)21-16-6-2-1-3-7-16/h10-13,15-16H,1-9H2,(H,20,23)(H2,21,22,24). The summed E-state index contributed by atoms with van der Waals surface area (Å²) in [5.41, 5.74) is 1.35. The number of amides is 3. The van der Waals surface area contributed by atoms with Gasteiger partial charge in [-0.1, -0.05) is 32.1 Å². The van der Waals surface area contributed by atoms with Gasteiger partial charge in [0.15, 0.2) is 0 Å². The summed E-state index contributed by atoms with van der Waals surface area (Å²) in [6, 6.07) is 7.53. The number of anilines is 1. The zero-order valence-corrected chi connectivity index (χ0v) is 14.1. The molecule has 0 heterocycles. The van der Waals surface area contributed by atoms with E-state index in [4.69, 9.17) is 0 Å². The minimum Gasteiger partial charge on any atom is -0.349 e. The SMILES string of the molecule is O=C(Nc1ccc(C(=O)NC2CCCC2)cc1)NC1CCCCC1. The van der Waals surface area contributed by atoms with E-state index < -0.39 is 0 Å². The number of nitrogens with one attached hydrogen (secondary N) is 3. The van der Waals surface area contributed by atoms with Gasteiger partial charge in [-0.2, -0.15) is 0 Å². The Bertz CT molecular complexity index is 558. The second-order valence-electron chi connectivity index (χ2n) is 6.97. The molecule has 0 saturated heterocycles. The Morgan fingerprint density at radius 2 is 1.29 bits per heavy atom. The van der Waals surface area contributed by atoms with Crippen molar-refractivity contribution in [3.8, 4) is 0 Å². The summed E-state index contributed by atoms with van der Waals surface area (Å²) in [5, 5.41) is 8.94. The molecule has 3 rings (SSSR count). The van der Waals surface area contributed by atoms with Crippen LogP contribution in [-0.2, 0) is 0 Å². The first-order valence-corrected chi connectivity index (χ1v) is 9.19. The van der Waals surface area contributed by atoms with Crippen molar-refractivity contribution in [2.24, 2.45) is 0 Å². The van der Waals surface area contributed by atoms with Gasteiger partial charge in [0, 0.05) is 23.3 Å². The molecular formula is C19H27N3O2. The van der Waals surface area contributed by atoms with Crippen LogP contribution >= 0.6 is 0 Å². The second kappa shape index (κ2) is 8.18. The van der Waals surface area contributed by atoms with Crippen molar-refractivity contribution in [2.75, 3.05) is 5.32 Å². The number of hydrogen-bond acceptors (Lipinski definition) is 2. The molecule has 2 fully saturated rings. The van der Waals surface area contributed by atoms with E-state index in [1.54, 1.807) is 24.3 Å². The number of carbonyl (C=O) groups excluding carboxylic acids is 2. The fraction of sp³-hybridized carbons (Fsp3) is 0.579. The van der Waals surface area contributed by atoms with Crippen LogP contribution in [0.5, 0.6) is 0 Å². The molecule has 0 radical (unpaired) electrons. The van der Waals surface area contributed by atoms with E-state index in [2.05, 4.69) is 16.0 Å². The van der Waals surface area contributed by atoms with Crippen LogP contribution < -0.4 is 16.0 Å². The molecule has 0 aromatic heterocycles. The Morgan fingerprint density at radius 3 is 1.92 bits per heavy atom. The highest BCUT2D eigenvalue weighted by Crippen LogP contribution is 2.19. The Kier molecular flexibility index (Phi) is 5.72. The molecule has 0 aliphatic heterocycles. The summed E-state index contributed by atoms with van der Waals surface area (Å²) in [6.07, 6.45) is 10.3. The molecule has 0 spiro atoms. The molecule has 0 unspecified atom stereocenters. The first kappa shape index (κ1) is 16.8. The van der Waals surface area contributed by atoms with Gasteiger partial charge >= 0.3 is 6.03 Å². The van der Waals surface area contributed by atoms with Gasteiger partial charge in [0.05, 0.1) is 0 Å². The molecule has 130 valence electrons. The monoisotopic (exact) mass is 329 g/mol. The van der Waals surface area contributed by atoms with Gasteiger partial charge in [0.1, 0.15) is 0 Å². The van der Waals surface area contributed by atoms with Crippen LogP contribution in [0.4, 0.5) is 10.5 Å². The van der Waals surface area contributed by atoms with Crippen LogP contribution in [0.1, 0.15) is 68.1 Å². The van der Waals surface area contributed by atoms with Crippen molar-refractivity contribution in [1.29, 1.82) is 0 Å². The number of benzene rings is 1. The van der Waals surface area contributed by atoms with Crippen LogP contribution in [0.2, 0.25) is 0 Å². The van der Waals surface area contributed by atoms with E-state index in [1.165, 1.54) is 32.1 Å². The summed E-state index contributed by atoms with van der Waals surface area (Å²) in [7, 11) is 0. The van der Waals surface area contributed by atoms with Crippen molar-refractivity contribution >= 4 is 17.6 Å². The first-order chi connectivity index (χ1) is 11.7. The predicted molar refractivity (Wildman–Crippen MR) is 95.2 cm³/mol. The highest BCUT2D eigenvalue weighted by atomic mass is 16.2. The van der Waals surface area contributed by atoms with Crippen LogP contribution in [0, 0.1) is 0 Å².